The molecule has 13 heavy (non-hydrogen) atoms. The van der Waals surface area contributed by atoms with Crippen LogP contribution in [0.2, 0.25) is 0 Å². The van der Waals surface area contributed by atoms with Gasteiger partial charge in [-0.3, -0.25) is 0 Å². The number of nitrogen functional groups attached to an aromatic ring is 1. The van der Waals surface area contributed by atoms with Crippen LogP contribution in [0.25, 0.3) is 0 Å². The number of anilines is 1. The van der Waals surface area contributed by atoms with Gasteiger partial charge in [-0.1, -0.05) is 0 Å². The first-order valence-electron chi connectivity index (χ1n) is 4.30. The molecule has 0 aliphatic rings. The van der Waals surface area contributed by atoms with E-state index in [1.54, 1.807) is 0 Å². The number of hydrogen-bond acceptors (Lipinski definition) is 3. The maximum absolute atomic E-state index is 5.85. The number of nitrogens with two attached hydrogens (primary N) is 2. The zero-order valence-electron chi connectivity index (χ0n) is 8.09. The third-order valence-corrected chi connectivity index (χ3v) is 2.84. The van der Waals surface area contributed by atoms with Crippen LogP contribution < -0.4 is 11.5 Å². The second-order valence-corrected chi connectivity index (χ2v) is 3.53. The zero-order valence-corrected chi connectivity index (χ0v) is 8.99. The Morgan fingerprint density at radius 2 is 1.92 bits per heavy atom. The molecule has 0 spiro atoms. The third-order valence-electron chi connectivity index (χ3n) is 2.53. The van der Waals surface area contributed by atoms with Crippen LogP contribution in [0.3, 0.4) is 0 Å². The lowest BCUT2D eigenvalue weighted by atomic mass is 9.97. The van der Waals surface area contributed by atoms with Gasteiger partial charge in [-0.15, -0.1) is 0 Å². The summed E-state index contributed by atoms with van der Waals surface area (Å²) in [6.45, 7) is 4.63. The van der Waals surface area contributed by atoms with Crippen molar-refractivity contribution in [2.24, 2.45) is 5.73 Å². The summed E-state index contributed by atoms with van der Waals surface area (Å²) in [4.78, 5) is 0. The summed E-state index contributed by atoms with van der Waals surface area (Å²) in [6, 6.07) is 1.96. The minimum Gasteiger partial charge on any atom is -0.398 e. The lowest BCUT2D eigenvalue weighted by Crippen LogP contribution is -2.05. The normalized spacial score (nSPS) is 10.5. The Balaban J connectivity index is 3.39. The first-order chi connectivity index (χ1) is 6.11. The second-order valence-electron chi connectivity index (χ2n) is 3.22. The molecule has 1 rings (SSSR count). The molecule has 1 aromatic rings. The maximum atomic E-state index is 5.85. The van der Waals surface area contributed by atoms with Gasteiger partial charge in [0.2, 0.25) is 0 Å². The van der Waals surface area contributed by atoms with E-state index in [1.807, 2.05) is 13.0 Å². The Morgan fingerprint density at radius 1 is 1.31 bits per heavy atom. The fourth-order valence-electron chi connectivity index (χ4n) is 1.50. The monoisotopic (exact) mass is 196 g/mol. The van der Waals surface area contributed by atoms with Crippen LogP contribution in [0.4, 0.5) is 5.69 Å². The summed E-state index contributed by atoms with van der Waals surface area (Å²) < 4.78 is 0. The standard InChI is InChI=1S/C10H16N2S/c1-6-8(4-11)3-10(12)7(2)9(6)5-13/h3,13H,4-5,11-12H2,1-2H3. The molecular weight excluding hydrogens is 180 g/mol. The Labute approximate surface area is 84.7 Å². The van der Waals surface area contributed by atoms with Gasteiger partial charge in [0.25, 0.3) is 0 Å². The first-order valence-corrected chi connectivity index (χ1v) is 4.93. The fraction of sp³-hybridized carbons (Fsp3) is 0.400. The predicted octanol–water partition coefficient (Wildman–Crippen LogP) is 1.77. The van der Waals surface area contributed by atoms with Gasteiger partial charge < -0.3 is 11.5 Å². The average Bonchev–Trinajstić information content (AvgIpc) is 2.12. The molecule has 1 aromatic carbocycles. The van der Waals surface area contributed by atoms with Gasteiger partial charge in [-0.25, -0.2) is 0 Å². The summed E-state index contributed by atoms with van der Waals surface area (Å²) >= 11 is 4.29. The van der Waals surface area contributed by atoms with E-state index in [0.717, 1.165) is 22.6 Å². The van der Waals surface area contributed by atoms with Gasteiger partial charge >= 0.3 is 0 Å². The van der Waals surface area contributed by atoms with Gasteiger partial charge in [-0.05, 0) is 42.2 Å². The SMILES string of the molecule is Cc1c(N)cc(CN)c(C)c1CS. The summed E-state index contributed by atoms with van der Waals surface area (Å²) in [5, 5.41) is 0. The minimum absolute atomic E-state index is 0.539. The van der Waals surface area contributed by atoms with Crippen molar-refractivity contribution in [2.75, 3.05) is 5.73 Å². The van der Waals surface area contributed by atoms with Crippen molar-refractivity contribution in [1.82, 2.24) is 0 Å². The molecule has 0 bridgehead atoms. The minimum atomic E-state index is 0.539. The van der Waals surface area contributed by atoms with Crippen molar-refractivity contribution < 1.29 is 0 Å². The number of rotatable bonds is 2. The molecule has 0 saturated carbocycles. The Kier molecular flexibility index (Phi) is 3.22. The highest BCUT2D eigenvalue weighted by Gasteiger charge is 2.08. The lowest BCUT2D eigenvalue weighted by Gasteiger charge is -2.14. The summed E-state index contributed by atoms with van der Waals surface area (Å²) in [6.07, 6.45) is 0. The molecule has 0 amide bonds. The van der Waals surface area contributed by atoms with E-state index in [9.17, 15) is 0 Å². The molecule has 0 heterocycles. The predicted molar refractivity (Wildman–Crippen MR) is 60.9 cm³/mol. The molecule has 0 radical (unpaired) electrons. The number of thiol groups is 1. The molecule has 0 unspecified atom stereocenters. The summed E-state index contributed by atoms with van der Waals surface area (Å²) in [5.74, 6) is 0.718. The van der Waals surface area contributed by atoms with Crippen molar-refractivity contribution in [1.29, 1.82) is 0 Å². The molecule has 4 N–H and O–H groups in total. The lowest BCUT2D eigenvalue weighted by molar-refractivity contribution is 1.03. The average molecular weight is 196 g/mol. The number of benzene rings is 1. The van der Waals surface area contributed by atoms with E-state index < -0.39 is 0 Å². The van der Waals surface area contributed by atoms with Gasteiger partial charge in [0.1, 0.15) is 0 Å². The summed E-state index contributed by atoms with van der Waals surface area (Å²) in [5.41, 5.74) is 17.0. The molecule has 2 nitrogen and oxygen atoms in total. The molecule has 0 aromatic heterocycles. The van der Waals surface area contributed by atoms with Crippen molar-refractivity contribution in [3.8, 4) is 0 Å². The van der Waals surface area contributed by atoms with Crippen molar-refractivity contribution >= 4 is 18.3 Å². The van der Waals surface area contributed by atoms with E-state index in [0.29, 0.717) is 6.54 Å². The summed E-state index contributed by atoms with van der Waals surface area (Å²) in [7, 11) is 0. The molecule has 0 aliphatic heterocycles. The Hall–Kier alpha value is -0.670. The fourth-order valence-corrected chi connectivity index (χ4v) is 1.98. The molecular formula is C10H16N2S. The van der Waals surface area contributed by atoms with Gasteiger partial charge in [0.05, 0.1) is 0 Å². The van der Waals surface area contributed by atoms with Crippen LogP contribution in [-0.2, 0) is 12.3 Å². The van der Waals surface area contributed by atoms with Crippen LogP contribution in [0.1, 0.15) is 22.3 Å². The van der Waals surface area contributed by atoms with Crippen LogP contribution in [0, 0.1) is 13.8 Å². The first kappa shape index (κ1) is 10.4. The van der Waals surface area contributed by atoms with Gasteiger partial charge in [-0.2, -0.15) is 12.6 Å². The highest BCUT2D eigenvalue weighted by molar-refractivity contribution is 7.79. The highest BCUT2D eigenvalue weighted by Crippen LogP contribution is 2.25. The van der Waals surface area contributed by atoms with Crippen LogP contribution in [0.15, 0.2) is 6.07 Å². The molecule has 3 heteroatoms. The molecule has 0 aliphatic carbocycles. The molecule has 0 fully saturated rings. The van der Waals surface area contributed by atoms with Crippen LogP contribution in [-0.4, -0.2) is 0 Å². The van der Waals surface area contributed by atoms with Crippen molar-refractivity contribution in [2.45, 2.75) is 26.1 Å². The molecule has 0 saturated heterocycles. The van der Waals surface area contributed by atoms with E-state index in [1.165, 1.54) is 11.1 Å². The second kappa shape index (κ2) is 4.03. The topological polar surface area (TPSA) is 52.0 Å². The van der Waals surface area contributed by atoms with Crippen LogP contribution in [0.5, 0.6) is 0 Å². The number of hydrogen-bond donors (Lipinski definition) is 3. The van der Waals surface area contributed by atoms with Crippen LogP contribution >= 0.6 is 12.6 Å². The van der Waals surface area contributed by atoms with E-state index >= 15 is 0 Å². The highest BCUT2D eigenvalue weighted by atomic mass is 32.1. The quantitative estimate of drug-likeness (QED) is 0.499. The molecule has 0 atom stereocenters. The smallest absolute Gasteiger partial charge is 0.0350 e. The maximum Gasteiger partial charge on any atom is 0.0350 e. The van der Waals surface area contributed by atoms with Gasteiger partial charge in [0, 0.05) is 18.0 Å². The third kappa shape index (κ3) is 1.81. The largest absolute Gasteiger partial charge is 0.398 e. The van der Waals surface area contributed by atoms with E-state index in [2.05, 4.69) is 19.6 Å². The van der Waals surface area contributed by atoms with Crippen molar-refractivity contribution in [3.63, 3.8) is 0 Å². The Morgan fingerprint density at radius 3 is 2.38 bits per heavy atom. The zero-order chi connectivity index (χ0) is 10.0. The van der Waals surface area contributed by atoms with Gasteiger partial charge in [0.15, 0.2) is 0 Å². The molecule has 72 valence electrons. The van der Waals surface area contributed by atoms with Crippen molar-refractivity contribution in [3.05, 3.63) is 28.3 Å². The Bertz CT molecular complexity index is 321. The van der Waals surface area contributed by atoms with E-state index in [4.69, 9.17) is 11.5 Å². The van der Waals surface area contributed by atoms with E-state index in [-0.39, 0.29) is 0 Å².